The van der Waals surface area contributed by atoms with Crippen LogP contribution in [0.15, 0.2) is 41.2 Å². The van der Waals surface area contributed by atoms with Crippen molar-refractivity contribution in [1.29, 1.82) is 0 Å². The Bertz CT molecular complexity index is 1500. The molecule has 5 rings (SSSR count). The molecular weight excluding hydrogens is 456 g/mol. The predicted octanol–water partition coefficient (Wildman–Crippen LogP) is 3.76. The number of amides is 1. The summed E-state index contributed by atoms with van der Waals surface area (Å²) in [5.74, 6) is 2.07. The molecule has 0 fully saturated rings. The lowest BCUT2D eigenvalue weighted by molar-refractivity contribution is -0.121. The van der Waals surface area contributed by atoms with Crippen LogP contribution in [0, 0.1) is 4.77 Å². The highest BCUT2D eigenvalue weighted by Gasteiger charge is 2.14. The Kier molecular flexibility index (Phi) is 5.97. The molecule has 1 aliphatic heterocycles. The summed E-state index contributed by atoms with van der Waals surface area (Å²) in [5.41, 5.74) is 2.73. The van der Waals surface area contributed by atoms with Crippen molar-refractivity contribution in [3.8, 4) is 17.2 Å². The summed E-state index contributed by atoms with van der Waals surface area (Å²) in [6, 6.07) is 11.2. The lowest BCUT2D eigenvalue weighted by Crippen LogP contribution is -2.24. The van der Waals surface area contributed by atoms with Crippen LogP contribution in [0.25, 0.3) is 21.9 Å². The third-order valence-electron chi connectivity index (χ3n) is 5.90. The van der Waals surface area contributed by atoms with Crippen LogP contribution in [-0.4, -0.2) is 34.3 Å². The van der Waals surface area contributed by atoms with E-state index in [1.807, 2.05) is 36.4 Å². The van der Waals surface area contributed by atoms with Crippen LogP contribution < -0.4 is 25.1 Å². The Hall–Kier alpha value is -3.79. The van der Waals surface area contributed by atoms with Gasteiger partial charge in [0.15, 0.2) is 16.3 Å². The number of carbonyl (C=O) groups is 1. The van der Waals surface area contributed by atoms with E-state index in [9.17, 15) is 9.59 Å². The lowest BCUT2D eigenvalue weighted by Gasteiger charge is -2.08. The molecule has 0 radical (unpaired) electrons. The molecule has 1 aliphatic rings. The Morgan fingerprint density at radius 1 is 1.12 bits per heavy atom. The van der Waals surface area contributed by atoms with Gasteiger partial charge in [0.1, 0.15) is 11.3 Å². The smallest absolute Gasteiger partial charge is 0.278 e. The maximum atomic E-state index is 13.1. The Morgan fingerprint density at radius 3 is 2.82 bits per heavy atom. The van der Waals surface area contributed by atoms with Crippen molar-refractivity contribution >= 4 is 40.1 Å². The summed E-state index contributed by atoms with van der Waals surface area (Å²) < 4.78 is 17.8. The Morgan fingerprint density at radius 2 is 1.97 bits per heavy atom. The minimum Gasteiger partial charge on any atom is -0.497 e. The van der Waals surface area contributed by atoms with E-state index in [-0.39, 0.29) is 18.3 Å². The summed E-state index contributed by atoms with van der Waals surface area (Å²) >= 11 is 5.45. The zero-order valence-corrected chi connectivity index (χ0v) is 19.4. The minimum atomic E-state index is -0.179. The van der Waals surface area contributed by atoms with Gasteiger partial charge >= 0.3 is 0 Å². The molecule has 0 bridgehead atoms. The van der Waals surface area contributed by atoms with Crippen molar-refractivity contribution in [1.82, 2.24) is 19.9 Å². The minimum absolute atomic E-state index is 0.0461. The third-order valence-corrected chi connectivity index (χ3v) is 6.23. The van der Waals surface area contributed by atoms with Crippen LogP contribution in [0.3, 0.4) is 0 Å². The van der Waals surface area contributed by atoms with Gasteiger partial charge < -0.3 is 29.5 Å². The van der Waals surface area contributed by atoms with E-state index in [0.29, 0.717) is 65.4 Å². The van der Waals surface area contributed by atoms with Crippen LogP contribution >= 0.6 is 12.2 Å². The molecule has 9 nitrogen and oxygen atoms in total. The second kappa shape index (κ2) is 9.22. The molecule has 3 heterocycles. The maximum absolute atomic E-state index is 13.1. The number of hydrogen-bond donors (Lipinski definition) is 3. The summed E-state index contributed by atoms with van der Waals surface area (Å²) in [6.45, 7) is 1.07. The Labute approximate surface area is 199 Å². The van der Waals surface area contributed by atoms with Gasteiger partial charge in [-0.1, -0.05) is 6.07 Å². The molecule has 0 atom stereocenters. The number of aromatic amines is 2. The number of methoxy groups -OCH3 is 1. The topological polar surface area (TPSA) is 110 Å². The molecular formula is C24H24N4O5S. The Balaban J connectivity index is 1.19. The fraction of sp³-hybridized carbons (Fsp3) is 0.292. The first-order valence-corrected chi connectivity index (χ1v) is 11.4. The monoisotopic (exact) mass is 480 g/mol. The average molecular weight is 481 g/mol. The molecule has 1 amide bonds. The fourth-order valence-corrected chi connectivity index (χ4v) is 4.36. The number of nitrogens with one attached hydrogen (secondary N) is 3. The van der Waals surface area contributed by atoms with Gasteiger partial charge in [-0.05, 0) is 61.0 Å². The van der Waals surface area contributed by atoms with Crippen LogP contribution in [0.5, 0.6) is 17.2 Å². The van der Waals surface area contributed by atoms with Crippen molar-refractivity contribution in [3.63, 3.8) is 0 Å². The maximum Gasteiger partial charge on any atom is 0.278 e. The van der Waals surface area contributed by atoms with Crippen molar-refractivity contribution in [2.75, 3.05) is 13.9 Å². The number of hydrogen-bond acceptors (Lipinski definition) is 6. The molecule has 176 valence electrons. The molecule has 0 aliphatic carbocycles. The number of aromatic nitrogens is 3. The van der Waals surface area contributed by atoms with Crippen LogP contribution in [0.4, 0.5) is 0 Å². The molecule has 0 saturated carbocycles. The zero-order chi connectivity index (χ0) is 23.7. The van der Waals surface area contributed by atoms with E-state index >= 15 is 0 Å². The predicted molar refractivity (Wildman–Crippen MR) is 130 cm³/mol. The van der Waals surface area contributed by atoms with Crippen molar-refractivity contribution in [3.05, 3.63) is 57.1 Å². The molecule has 10 heteroatoms. The van der Waals surface area contributed by atoms with Gasteiger partial charge in [0.05, 0.1) is 12.6 Å². The molecule has 3 N–H and O–H groups in total. The molecule has 0 unspecified atom stereocenters. The van der Waals surface area contributed by atoms with Gasteiger partial charge in [-0.3, -0.25) is 14.2 Å². The SMILES string of the molecule is COc1ccc2[nH]c3c(=O)n(CCCCC(=O)NCc4ccc5c(c4)OCO5)c(=S)[nH]c3c2c1. The highest BCUT2D eigenvalue weighted by atomic mass is 32.1. The van der Waals surface area contributed by atoms with E-state index in [1.165, 1.54) is 4.57 Å². The van der Waals surface area contributed by atoms with Crippen LogP contribution in [0.2, 0.25) is 0 Å². The highest BCUT2D eigenvalue weighted by Crippen LogP contribution is 2.32. The van der Waals surface area contributed by atoms with Gasteiger partial charge in [0.2, 0.25) is 12.7 Å². The van der Waals surface area contributed by atoms with E-state index in [1.54, 1.807) is 7.11 Å². The molecule has 2 aromatic heterocycles. The molecule has 34 heavy (non-hydrogen) atoms. The van der Waals surface area contributed by atoms with E-state index in [2.05, 4.69) is 15.3 Å². The van der Waals surface area contributed by atoms with Gasteiger partial charge in [0, 0.05) is 30.4 Å². The molecule has 0 saturated heterocycles. The number of ether oxygens (including phenoxy) is 3. The largest absolute Gasteiger partial charge is 0.497 e. The van der Waals surface area contributed by atoms with Gasteiger partial charge in [-0.2, -0.15) is 0 Å². The van der Waals surface area contributed by atoms with Crippen LogP contribution in [0.1, 0.15) is 24.8 Å². The standard InChI is InChI=1S/C24H24N4O5S/c1-31-15-6-7-17-16(11-15)21-22(26-17)23(30)28(24(34)27-21)9-3-2-4-20(29)25-12-14-5-8-18-19(10-14)33-13-32-18/h5-8,10-11,26H,2-4,9,12-13H2,1H3,(H,25,29)(H,27,34). The number of H-pyrrole nitrogens is 2. The first-order valence-electron chi connectivity index (χ1n) is 11.0. The van der Waals surface area contributed by atoms with Crippen molar-refractivity contribution in [2.45, 2.75) is 32.4 Å². The van der Waals surface area contributed by atoms with E-state index < -0.39 is 0 Å². The first kappa shape index (κ1) is 22.0. The summed E-state index contributed by atoms with van der Waals surface area (Å²) in [5, 5.41) is 3.76. The number of fused-ring (bicyclic) bond motifs is 4. The second-order valence-electron chi connectivity index (χ2n) is 8.09. The van der Waals surface area contributed by atoms with E-state index in [0.717, 1.165) is 16.5 Å². The number of benzene rings is 2. The van der Waals surface area contributed by atoms with Crippen molar-refractivity contribution in [2.24, 2.45) is 0 Å². The molecule has 4 aromatic rings. The molecule has 2 aromatic carbocycles. The lowest BCUT2D eigenvalue weighted by atomic mass is 10.2. The first-order chi connectivity index (χ1) is 16.5. The number of carbonyl (C=O) groups excluding carboxylic acids is 1. The number of rotatable bonds is 8. The summed E-state index contributed by atoms with van der Waals surface area (Å²) in [4.78, 5) is 31.6. The van der Waals surface area contributed by atoms with Crippen LogP contribution in [-0.2, 0) is 17.9 Å². The zero-order valence-electron chi connectivity index (χ0n) is 18.6. The number of nitrogens with zero attached hydrogens (tertiary/aromatic N) is 1. The van der Waals surface area contributed by atoms with Gasteiger partial charge in [-0.15, -0.1) is 0 Å². The normalized spacial score (nSPS) is 12.4. The van der Waals surface area contributed by atoms with Gasteiger partial charge in [-0.25, -0.2) is 0 Å². The average Bonchev–Trinajstić information content (AvgIpc) is 3.46. The molecule has 0 spiro atoms. The fourth-order valence-electron chi connectivity index (χ4n) is 4.09. The second-order valence-corrected chi connectivity index (χ2v) is 8.48. The van der Waals surface area contributed by atoms with Gasteiger partial charge in [0.25, 0.3) is 5.56 Å². The highest BCUT2D eigenvalue weighted by molar-refractivity contribution is 7.71. The number of unbranched alkanes of at least 4 members (excludes halogenated alkanes) is 1. The van der Waals surface area contributed by atoms with Crippen molar-refractivity contribution < 1.29 is 19.0 Å². The third kappa shape index (κ3) is 4.24. The quantitative estimate of drug-likeness (QED) is 0.262. The summed E-state index contributed by atoms with van der Waals surface area (Å²) in [7, 11) is 1.60. The van der Waals surface area contributed by atoms with E-state index in [4.69, 9.17) is 26.4 Å². The summed E-state index contributed by atoms with van der Waals surface area (Å²) in [6.07, 6.45) is 1.65.